The third-order valence-corrected chi connectivity index (χ3v) is 4.14. The van der Waals surface area contributed by atoms with Crippen LogP contribution in [0.2, 0.25) is 0 Å². The standard InChI is InChI=1S/C13H17N5O2/c1-7-3-8(4-9(7)13(19)20-2)18-6-17-10-11(14)15-5-16-12(10)18/h5-9H,3-4H2,1-2H3,(H2,14,15,16)/t7-,8+,9-/m0/s1. The summed E-state index contributed by atoms with van der Waals surface area (Å²) in [4.78, 5) is 24.2. The van der Waals surface area contributed by atoms with Crippen LogP contribution in [0, 0.1) is 11.8 Å². The van der Waals surface area contributed by atoms with Crippen molar-refractivity contribution in [3.8, 4) is 0 Å². The summed E-state index contributed by atoms with van der Waals surface area (Å²) in [5.41, 5.74) is 7.13. The maximum Gasteiger partial charge on any atom is 0.309 e. The van der Waals surface area contributed by atoms with E-state index in [1.807, 2.05) is 4.57 Å². The summed E-state index contributed by atoms with van der Waals surface area (Å²) in [6.45, 7) is 2.07. The van der Waals surface area contributed by atoms with Gasteiger partial charge in [0, 0.05) is 6.04 Å². The summed E-state index contributed by atoms with van der Waals surface area (Å²) < 4.78 is 6.86. The predicted octanol–water partition coefficient (Wildman–Crippen LogP) is 1.17. The normalized spacial score (nSPS) is 26.0. The number of aromatic nitrogens is 4. The molecule has 1 saturated carbocycles. The van der Waals surface area contributed by atoms with E-state index in [0.29, 0.717) is 11.3 Å². The number of nitrogens with zero attached hydrogens (tertiary/aromatic N) is 4. The molecule has 3 rings (SSSR count). The molecule has 0 spiro atoms. The summed E-state index contributed by atoms with van der Waals surface area (Å²) in [7, 11) is 1.43. The molecule has 2 aromatic heterocycles. The van der Waals surface area contributed by atoms with Crippen molar-refractivity contribution in [2.75, 3.05) is 12.8 Å². The van der Waals surface area contributed by atoms with Gasteiger partial charge < -0.3 is 15.0 Å². The van der Waals surface area contributed by atoms with Crippen LogP contribution in [0.1, 0.15) is 25.8 Å². The fraction of sp³-hybridized carbons (Fsp3) is 0.538. The second kappa shape index (κ2) is 4.73. The smallest absolute Gasteiger partial charge is 0.309 e. The van der Waals surface area contributed by atoms with Crippen molar-refractivity contribution < 1.29 is 9.53 Å². The van der Waals surface area contributed by atoms with Gasteiger partial charge in [-0.1, -0.05) is 6.92 Å². The number of imidazole rings is 1. The molecule has 20 heavy (non-hydrogen) atoms. The molecule has 2 heterocycles. The molecule has 7 nitrogen and oxygen atoms in total. The molecule has 2 N–H and O–H groups in total. The zero-order chi connectivity index (χ0) is 14.3. The van der Waals surface area contributed by atoms with Gasteiger partial charge in [-0.15, -0.1) is 0 Å². The molecule has 0 aliphatic heterocycles. The number of ether oxygens (including phenoxy) is 1. The SMILES string of the molecule is COC(=O)[C@H]1C[C@H](n2cnc3c(N)ncnc32)C[C@@H]1C. The zero-order valence-electron chi connectivity index (χ0n) is 11.5. The number of nitrogens with two attached hydrogens (primary N) is 1. The monoisotopic (exact) mass is 275 g/mol. The highest BCUT2D eigenvalue weighted by Gasteiger charge is 2.38. The van der Waals surface area contributed by atoms with Crippen LogP contribution in [-0.4, -0.2) is 32.6 Å². The second-order valence-corrected chi connectivity index (χ2v) is 5.32. The number of carbonyl (C=O) groups excluding carboxylic acids is 1. The van der Waals surface area contributed by atoms with E-state index in [-0.39, 0.29) is 23.8 Å². The van der Waals surface area contributed by atoms with Crippen LogP contribution in [-0.2, 0) is 9.53 Å². The minimum atomic E-state index is -0.140. The maximum absolute atomic E-state index is 11.8. The van der Waals surface area contributed by atoms with Crippen LogP contribution < -0.4 is 5.73 Å². The molecule has 7 heteroatoms. The van der Waals surface area contributed by atoms with E-state index in [1.165, 1.54) is 13.4 Å². The Balaban J connectivity index is 1.93. The van der Waals surface area contributed by atoms with Gasteiger partial charge in [0.15, 0.2) is 11.5 Å². The first-order valence-corrected chi connectivity index (χ1v) is 6.62. The molecule has 106 valence electrons. The van der Waals surface area contributed by atoms with Gasteiger partial charge in [0.2, 0.25) is 0 Å². The lowest BCUT2D eigenvalue weighted by Crippen LogP contribution is -2.18. The van der Waals surface area contributed by atoms with Gasteiger partial charge in [-0.3, -0.25) is 4.79 Å². The number of anilines is 1. The van der Waals surface area contributed by atoms with Gasteiger partial charge in [0.25, 0.3) is 0 Å². The van der Waals surface area contributed by atoms with Crippen LogP contribution in [0.25, 0.3) is 11.2 Å². The van der Waals surface area contributed by atoms with E-state index in [2.05, 4.69) is 21.9 Å². The third kappa shape index (κ3) is 1.90. The van der Waals surface area contributed by atoms with Crippen LogP contribution in [0.15, 0.2) is 12.7 Å². The lowest BCUT2D eigenvalue weighted by molar-refractivity contribution is -0.146. The summed E-state index contributed by atoms with van der Waals surface area (Å²) in [5.74, 6) is 0.452. The Bertz CT molecular complexity index is 653. The summed E-state index contributed by atoms with van der Waals surface area (Å²) in [5, 5.41) is 0. The highest BCUT2D eigenvalue weighted by atomic mass is 16.5. The van der Waals surface area contributed by atoms with Crippen LogP contribution in [0.5, 0.6) is 0 Å². The molecular formula is C13H17N5O2. The lowest BCUT2D eigenvalue weighted by Gasteiger charge is -2.12. The first kappa shape index (κ1) is 12.8. The number of nitrogen functional groups attached to an aromatic ring is 1. The minimum Gasteiger partial charge on any atom is -0.469 e. The van der Waals surface area contributed by atoms with E-state index < -0.39 is 0 Å². The molecule has 0 unspecified atom stereocenters. The molecular weight excluding hydrogens is 258 g/mol. The maximum atomic E-state index is 11.8. The minimum absolute atomic E-state index is 0.0679. The van der Waals surface area contributed by atoms with Crippen LogP contribution >= 0.6 is 0 Å². The fourth-order valence-corrected chi connectivity index (χ4v) is 3.06. The van der Waals surface area contributed by atoms with Gasteiger partial charge in [0.1, 0.15) is 11.8 Å². The van der Waals surface area contributed by atoms with Crippen molar-refractivity contribution in [3.63, 3.8) is 0 Å². The average molecular weight is 275 g/mol. The Morgan fingerprint density at radius 1 is 1.40 bits per heavy atom. The summed E-state index contributed by atoms with van der Waals surface area (Å²) >= 11 is 0. The number of esters is 1. The molecule has 0 radical (unpaired) electrons. The van der Waals surface area contributed by atoms with Gasteiger partial charge in [-0.2, -0.15) is 0 Å². The molecule has 2 aromatic rings. The Morgan fingerprint density at radius 2 is 2.20 bits per heavy atom. The number of carbonyl (C=O) groups is 1. The van der Waals surface area contributed by atoms with Gasteiger partial charge in [-0.25, -0.2) is 15.0 Å². The Kier molecular flexibility index (Phi) is 3.04. The predicted molar refractivity (Wildman–Crippen MR) is 72.7 cm³/mol. The quantitative estimate of drug-likeness (QED) is 0.826. The van der Waals surface area contributed by atoms with Gasteiger partial charge in [-0.05, 0) is 18.8 Å². The third-order valence-electron chi connectivity index (χ3n) is 4.14. The van der Waals surface area contributed by atoms with Crippen LogP contribution in [0.3, 0.4) is 0 Å². The number of hydrogen-bond donors (Lipinski definition) is 1. The Hall–Kier alpha value is -2.18. The topological polar surface area (TPSA) is 95.9 Å². The molecule has 1 aliphatic rings. The fourth-order valence-electron chi connectivity index (χ4n) is 3.06. The van der Waals surface area contributed by atoms with E-state index in [0.717, 1.165) is 18.5 Å². The first-order chi connectivity index (χ1) is 9.61. The highest BCUT2D eigenvalue weighted by molar-refractivity contribution is 5.81. The van der Waals surface area contributed by atoms with Crippen molar-refractivity contribution >= 4 is 23.0 Å². The van der Waals surface area contributed by atoms with Crippen molar-refractivity contribution in [1.29, 1.82) is 0 Å². The lowest BCUT2D eigenvalue weighted by atomic mass is 9.99. The van der Waals surface area contributed by atoms with Gasteiger partial charge in [0.05, 0.1) is 19.4 Å². The van der Waals surface area contributed by atoms with E-state index in [9.17, 15) is 4.79 Å². The van der Waals surface area contributed by atoms with Crippen molar-refractivity contribution in [1.82, 2.24) is 19.5 Å². The number of fused-ring (bicyclic) bond motifs is 1. The number of methoxy groups -OCH3 is 1. The molecule has 1 aliphatic carbocycles. The zero-order valence-corrected chi connectivity index (χ0v) is 11.5. The van der Waals surface area contributed by atoms with Crippen molar-refractivity contribution in [2.24, 2.45) is 11.8 Å². The van der Waals surface area contributed by atoms with Crippen LogP contribution in [0.4, 0.5) is 5.82 Å². The van der Waals surface area contributed by atoms with Crippen molar-refractivity contribution in [3.05, 3.63) is 12.7 Å². The molecule has 0 amide bonds. The van der Waals surface area contributed by atoms with Crippen molar-refractivity contribution in [2.45, 2.75) is 25.8 Å². The number of hydrogen-bond acceptors (Lipinski definition) is 6. The van der Waals surface area contributed by atoms with E-state index in [4.69, 9.17) is 10.5 Å². The van der Waals surface area contributed by atoms with Gasteiger partial charge >= 0.3 is 5.97 Å². The Labute approximate surface area is 116 Å². The summed E-state index contributed by atoms with van der Waals surface area (Å²) in [6.07, 6.45) is 4.80. The van der Waals surface area contributed by atoms with E-state index >= 15 is 0 Å². The molecule has 3 atom stereocenters. The largest absolute Gasteiger partial charge is 0.469 e. The molecule has 0 saturated heterocycles. The Morgan fingerprint density at radius 3 is 2.95 bits per heavy atom. The molecule has 0 bridgehead atoms. The van der Waals surface area contributed by atoms with E-state index in [1.54, 1.807) is 6.33 Å². The summed E-state index contributed by atoms with van der Waals surface area (Å²) in [6, 6.07) is 0.188. The molecule has 1 fully saturated rings. The highest BCUT2D eigenvalue weighted by Crippen LogP contribution is 2.40. The first-order valence-electron chi connectivity index (χ1n) is 6.62. The average Bonchev–Trinajstić information content (AvgIpc) is 3.02. The number of rotatable bonds is 2. The second-order valence-electron chi connectivity index (χ2n) is 5.32. The molecule has 0 aromatic carbocycles.